The number of ether oxygens (including phenoxy) is 3. The zero-order chi connectivity index (χ0) is 16.9. The molecule has 0 aromatic carbocycles. The molecule has 23 heavy (non-hydrogen) atoms. The summed E-state index contributed by atoms with van der Waals surface area (Å²) < 4.78 is 43.9. The van der Waals surface area contributed by atoms with Crippen LogP contribution in [0.1, 0.15) is 38.9 Å². The van der Waals surface area contributed by atoms with Crippen LogP contribution in [0.15, 0.2) is 15.7 Å². The van der Waals surface area contributed by atoms with Gasteiger partial charge in [0.2, 0.25) is 0 Å². The molecular weight excluding hydrogens is 338 g/mol. The Hall–Kier alpha value is -0.510. The van der Waals surface area contributed by atoms with Crippen molar-refractivity contribution < 1.29 is 22.6 Å². The molecular formula is C15H25NO5S2. The first kappa shape index (κ1) is 18.8. The molecule has 0 fully saturated rings. The molecule has 1 aliphatic heterocycles. The minimum absolute atomic E-state index is 0.298. The summed E-state index contributed by atoms with van der Waals surface area (Å²) in [4.78, 5) is 0. The van der Waals surface area contributed by atoms with Gasteiger partial charge in [0.05, 0.1) is 0 Å². The second-order valence-corrected chi connectivity index (χ2v) is 8.27. The van der Waals surface area contributed by atoms with Crippen LogP contribution in [0.25, 0.3) is 0 Å². The fourth-order valence-electron chi connectivity index (χ4n) is 2.57. The molecule has 0 saturated heterocycles. The highest BCUT2D eigenvalue weighted by Crippen LogP contribution is 2.38. The lowest BCUT2D eigenvalue weighted by Crippen LogP contribution is -2.41. The molecule has 1 aromatic rings. The van der Waals surface area contributed by atoms with Gasteiger partial charge in [0, 0.05) is 38.5 Å². The van der Waals surface area contributed by atoms with Gasteiger partial charge in [0.1, 0.15) is 10.3 Å². The van der Waals surface area contributed by atoms with Gasteiger partial charge in [-0.1, -0.05) is 0 Å². The van der Waals surface area contributed by atoms with Crippen molar-refractivity contribution in [1.82, 2.24) is 4.31 Å². The molecule has 0 N–H and O–H groups in total. The van der Waals surface area contributed by atoms with Crippen LogP contribution < -0.4 is 0 Å². The normalized spacial score (nSPS) is 22.0. The monoisotopic (exact) mass is 363 g/mol. The maximum absolute atomic E-state index is 12.7. The van der Waals surface area contributed by atoms with Crippen LogP contribution in [0, 0.1) is 0 Å². The summed E-state index contributed by atoms with van der Waals surface area (Å²) in [6.07, 6.45) is -0.00105. The van der Waals surface area contributed by atoms with Crippen LogP contribution in [0.5, 0.6) is 0 Å². The summed E-state index contributed by atoms with van der Waals surface area (Å²) in [5.41, 5.74) is 0.739. The molecule has 132 valence electrons. The first-order valence-corrected chi connectivity index (χ1v) is 10.2. The van der Waals surface area contributed by atoms with Crippen molar-refractivity contribution in [1.29, 1.82) is 0 Å². The lowest BCUT2D eigenvalue weighted by molar-refractivity contribution is -0.162. The first-order chi connectivity index (χ1) is 11.0. The second kappa shape index (κ2) is 8.55. The van der Waals surface area contributed by atoms with Crippen molar-refractivity contribution in [2.24, 2.45) is 0 Å². The van der Waals surface area contributed by atoms with Crippen LogP contribution in [0.3, 0.4) is 0 Å². The summed E-state index contributed by atoms with van der Waals surface area (Å²) in [5.74, 6) is 0. The quantitative estimate of drug-likeness (QED) is 0.498. The zero-order valence-corrected chi connectivity index (χ0v) is 15.5. The molecule has 2 heterocycles. The Morgan fingerprint density at radius 2 is 2.17 bits per heavy atom. The molecule has 8 heteroatoms. The van der Waals surface area contributed by atoms with E-state index in [-0.39, 0.29) is 12.4 Å². The second-order valence-electron chi connectivity index (χ2n) is 5.22. The highest BCUT2D eigenvalue weighted by atomic mass is 32.2. The van der Waals surface area contributed by atoms with E-state index in [0.29, 0.717) is 43.5 Å². The molecule has 1 aliphatic rings. The third-order valence-corrected chi connectivity index (χ3v) is 6.96. The largest absolute Gasteiger partial charge is 0.382 e. The number of hydrogen-bond donors (Lipinski definition) is 0. The summed E-state index contributed by atoms with van der Waals surface area (Å²) in [6.45, 7) is 8.16. The summed E-state index contributed by atoms with van der Waals surface area (Å²) in [5, 5.41) is 1.80. The van der Waals surface area contributed by atoms with Gasteiger partial charge in [0.25, 0.3) is 10.0 Å². The fourth-order valence-corrected chi connectivity index (χ4v) is 5.65. The number of rotatable bonds is 9. The SMILES string of the molecule is CCOCCCN1CC(OC(C)OCC)c2ccsc2S1(=O)=O. The first-order valence-electron chi connectivity index (χ1n) is 7.93. The van der Waals surface area contributed by atoms with Crippen molar-refractivity contribution in [3.8, 4) is 0 Å². The molecule has 0 bridgehead atoms. The average molecular weight is 364 g/mol. The highest BCUT2D eigenvalue weighted by Gasteiger charge is 2.38. The van der Waals surface area contributed by atoms with E-state index in [1.165, 1.54) is 15.6 Å². The molecule has 0 saturated carbocycles. The maximum Gasteiger partial charge on any atom is 0.253 e. The van der Waals surface area contributed by atoms with Crippen molar-refractivity contribution in [3.05, 3.63) is 17.0 Å². The van der Waals surface area contributed by atoms with Gasteiger partial charge in [-0.05, 0) is 38.6 Å². The lowest BCUT2D eigenvalue weighted by atomic mass is 10.2. The van der Waals surface area contributed by atoms with Crippen LogP contribution >= 0.6 is 11.3 Å². The number of sulfonamides is 1. The molecule has 6 nitrogen and oxygen atoms in total. The number of thiophene rings is 1. The Kier molecular flexibility index (Phi) is 7.00. The fraction of sp³-hybridized carbons (Fsp3) is 0.733. The smallest absolute Gasteiger partial charge is 0.253 e. The Morgan fingerprint density at radius 3 is 2.87 bits per heavy atom. The number of fused-ring (bicyclic) bond motifs is 1. The Labute approximate surface area is 142 Å². The van der Waals surface area contributed by atoms with Gasteiger partial charge in [-0.2, -0.15) is 4.31 Å². The summed E-state index contributed by atoms with van der Waals surface area (Å²) >= 11 is 1.24. The van der Waals surface area contributed by atoms with Crippen LogP contribution in [0.2, 0.25) is 0 Å². The Bertz CT molecular complexity index is 586. The maximum atomic E-state index is 12.7. The van der Waals surface area contributed by atoms with Gasteiger partial charge in [-0.3, -0.25) is 0 Å². The van der Waals surface area contributed by atoms with E-state index < -0.39 is 10.0 Å². The predicted octanol–water partition coefficient (Wildman–Crippen LogP) is 2.62. The highest BCUT2D eigenvalue weighted by molar-refractivity contribution is 7.91. The minimum Gasteiger partial charge on any atom is -0.382 e. The molecule has 2 rings (SSSR count). The topological polar surface area (TPSA) is 65.1 Å². The minimum atomic E-state index is -3.43. The van der Waals surface area contributed by atoms with E-state index in [1.54, 1.807) is 5.38 Å². The van der Waals surface area contributed by atoms with Crippen molar-refractivity contribution in [2.75, 3.05) is 32.9 Å². The standard InChI is InChI=1S/C15H25NO5S2/c1-4-19-9-6-8-16-11-14(21-12(3)20-5-2)13-7-10-22-15(13)23(16,17)18/h7,10,12,14H,4-6,8-9,11H2,1-3H3. The molecule has 0 aliphatic carbocycles. The van der Waals surface area contributed by atoms with Gasteiger partial charge < -0.3 is 14.2 Å². The summed E-state index contributed by atoms with van der Waals surface area (Å²) in [7, 11) is -3.43. The van der Waals surface area contributed by atoms with E-state index in [1.807, 2.05) is 26.8 Å². The molecule has 0 radical (unpaired) electrons. The van der Waals surface area contributed by atoms with E-state index >= 15 is 0 Å². The van der Waals surface area contributed by atoms with Crippen molar-refractivity contribution in [3.63, 3.8) is 0 Å². The predicted molar refractivity (Wildman–Crippen MR) is 89.1 cm³/mol. The molecule has 1 aromatic heterocycles. The third kappa shape index (κ3) is 4.52. The number of nitrogens with zero attached hydrogens (tertiary/aromatic N) is 1. The van der Waals surface area contributed by atoms with Crippen LogP contribution in [-0.4, -0.2) is 51.9 Å². The van der Waals surface area contributed by atoms with E-state index in [2.05, 4.69) is 0 Å². The van der Waals surface area contributed by atoms with Crippen molar-refractivity contribution >= 4 is 21.4 Å². The lowest BCUT2D eigenvalue weighted by Gasteiger charge is -2.33. The van der Waals surface area contributed by atoms with Gasteiger partial charge in [0.15, 0.2) is 6.29 Å². The van der Waals surface area contributed by atoms with Gasteiger partial charge in [-0.15, -0.1) is 11.3 Å². The average Bonchev–Trinajstić information content (AvgIpc) is 2.99. The van der Waals surface area contributed by atoms with Crippen molar-refractivity contribution in [2.45, 2.75) is 43.8 Å². The molecule has 2 unspecified atom stereocenters. The van der Waals surface area contributed by atoms with E-state index in [9.17, 15) is 8.42 Å². The van der Waals surface area contributed by atoms with E-state index in [0.717, 1.165) is 5.56 Å². The number of hydrogen-bond acceptors (Lipinski definition) is 6. The third-order valence-electron chi connectivity index (χ3n) is 3.61. The molecule has 2 atom stereocenters. The molecule has 0 amide bonds. The summed E-state index contributed by atoms with van der Waals surface area (Å²) in [6, 6.07) is 1.83. The zero-order valence-electron chi connectivity index (χ0n) is 13.9. The Balaban J connectivity index is 2.13. The van der Waals surface area contributed by atoms with E-state index in [4.69, 9.17) is 14.2 Å². The van der Waals surface area contributed by atoms with Gasteiger partial charge >= 0.3 is 0 Å². The van der Waals surface area contributed by atoms with Gasteiger partial charge in [-0.25, -0.2) is 8.42 Å². The molecule has 0 spiro atoms. The van der Waals surface area contributed by atoms with Crippen LogP contribution in [0.4, 0.5) is 0 Å². The van der Waals surface area contributed by atoms with Crippen LogP contribution in [-0.2, 0) is 24.2 Å². The Morgan fingerprint density at radius 1 is 1.39 bits per heavy atom.